The number of amides is 2. The predicted molar refractivity (Wildman–Crippen MR) is 137 cm³/mol. The third-order valence-electron chi connectivity index (χ3n) is 7.28. The lowest BCUT2D eigenvalue weighted by atomic mass is 9.91. The second kappa shape index (κ2) is 10.1. The molecule has 5 rings (SSSR count). The zero-order chi connectivity index (χ0) is 25.1. The van der Waals surface area contributed by atoms with E-state index in [4.69, 9.17) is 13.9 Å². The van der Waals surface area contributed by atoms with Gasteiger partial charge in [0, 0.05) is 18.7 Å². The Bertz CT molecular complexity index is 1300. The molecule has 0 saturated heterocycles. The Morgan fingerprint density at radius 3 is 2.81 bits per heavy atom. The van der Waals surface area contributed by atoms with Crippen molar-refractivity contribution >= 4 is 22.8 Å². The molecule has 0 bridgehead atoms. The van der Waals surface area contributed by atoms with Gasteiger partial charge in [-0.15, -0.1) is 0 Å². The van der Waals surface area contributed by atoms with Crippen LogP contribution in [0.1, 0.15) is 48.7 Å². The lowest BCUT2D eigenvalue weighted by Crippen LogP contribution is -2.61. The quantitative estimate of drug-likeness (QED) is 0.468. The van der Waals surface area contributed by atoms with Crippen molar-refractivity contribution < 1.29 is 23.5 Å². The topological polar surface area (TPSA) is 81.0 Å². The van der Waals surface area contributed by atoms with Gasteiger partial charge in [-0.2, -0.15) is 0 Å². The molecule has 1 aliphatic carbocycles. The molecule has 1 N–H and O–H groups in total. The van der Waals surface area contributed by atoms with Gasteiger partial charge in [0.1, 0.15) is 17.9 Å². The van der Waals surface area contributed by atoms with Crippen LogP contribution in [0.3, 0.4) is 0 Å². The lowest BCUT2D eigenvalue weighted by Gasteiger charge is -2.38. The van der Waals surface area contributed by atoms with Crippen molar-refractivity contribution in [3.63, 3.8) is 0 Å². The molecule has 3 aromatic rings. The van der Waals surface area contributed by atoms with Crippen molar-refractivity contribution in [3.8, 4) is 11.5 Å². The van der Waals surface area contributed by atoms with Gasteiger partial charge in [0.25, 0.3) is 5.91 Å². The number of hydrogen-bond acceptors (Lipinski definition) is 5. The van der Waals surface area contributed by atoms with E-state index in [1.807, 2.05) is 48.5 Å². The van der Waals surface area contributed by atoms with E-state index >= 15 is 0 Å². The number of hydrogen-bond donors (Lipinski definition) is 1. The fourth-order valence-corrected chi connectivity index (χ4v) is 5.11. The first-order valence-corrected chi connectivity index (χ1v) is 12.5. The molecule has 0 radical (unpaired) electrons. The highest BCUT2D eigenvalue weighted by Crippen LogP contribution is 2.38. The first-order valence-electron chi connectivity index (χ1n) is 12.5. The molecule has 2 amide bonds. The highest BCUT2D eigenvalue weighted by molar-refractivity contribution is 6.04. The molecule has 2 aliphatic rings. The van der Waals surface area contributed by atoms with E-state index in [9.17, 15) is 9.59 Å². The van der Waals surface area contributed by atoms with Crippen LogP contribution in [-0.2, 0) is 11.3 Å². The van der Waals surface area contributed by atoms with Gasteiger partial charge in [0.2, 0.25) is 11.7 Å². The first-order chi connectivity index (χ1) is 17.5. The van der Waals surface area contributed by atoms with Crippen LogP contribution in [0.15, 0.2) is 65.1 Å². The van der Waals surface area contributed by atoms with Gasteiger partial charge >= 0.3 is 0 Å². The molecule has 2 heterocycles. The molecule has 188 valence electrons. The van der Waals surface area contributed by atoms with Gasteiger partial charge in [0.05, 0.1) is 12.5 Å². The summed E-state index contributed by atoms with van der Waals surface area (Å²) in [6, 6.07) is 15.0. The minimum absolute atomic E-state index is 0.0214. The molecule has 1 aliphatic heterocycles. The van der Waals surface area contributed by atoms with Crippen LogP contribution in [0.5, 0.6) is 11.5 Å². The fourth-order valence-electron chi connectivity index (χ4n) is 5.11. The summed E-state index contributed by atoms with van der Waals surface area (Å²) in [6.45, 7) is 2.49. The summed E-state index contributed by atoms with van der Waals surface area (Å²) in [5, 5.41) is 3.75. The average molecular weight is 489 g/mol. The van der Waals surface area contributed by atoms with Crippen LogP contribution < -0.4 is 14.8 Å². The standard InChI is InChI=1S/C29H32N2O5/c1-29(28(33)30-18-21-12-6-8-14-23(21)34-2)19-35-25-22-13-7-9-15-24(22)36-26(25)27(32)31(29)17-16-20-10-4-3-5-11-20/h4,6-10,12-15,20H,3,5,11,16-19H2,1-2H3,(H,30,33). The molecule has 36 heavy (non-hydrogen) atoms. The maximum Gasteiger partial charge on any atom is 0.294 e. The Morgan fingerprint density at radius 1 is 1.19 bits per heavy atom. The third-order valence-corrected chi connectivity index (χ3v) is 7.28. The monoisotopic (exact) mass is 488 g/mol. The number of methoxy groups -OCH3 is 1. The third kappa shape index (κ3) is 4.45. The zero-order valence-corrected chi connectivity index (χ0v) is 20.8. The van der Waals surface area contributed by atoms with Crippen LogP contribution in [0.4, 0.5) is 0 Å². The predicted octanol–water partition coefficient (Wildman–Crippen LogP) is 5.10. The highest BCUT2D eigenvalue weighted by Gasteiger charge is 2.47. The Hall–Kier alpha value is -3.74. The Kier molecular flexibility index (Phi) is 6.72. The normalized spacial score (nSPS) is 21.6. The number of furan rings is 1. The van der Waals surface area contributed by atoms with Crippen LogP contribution in [0.2, 0.25) is 0 Å². The maximum atomic E-state index is 13.9. The van der Waals surface area contributed by atoms with Crippen molar-refractivity contribution in [1.29, 1.82) is 0 Å². The molecular weight excluding hydrogens is 456 g/mol. The minimum Gasteiger partial charge on any atom is -0.496 e. The second-order valence-corrected chi connectivity index (χ2v) is 9.68. The molecule has 2 atom stereocenters. The zero-order valence-electron chi connectivity index (χ0n) is 20.8. The summed E-state index contributed by atoms with van der Waals surface area (Å²) in [7, 11) is 1.60. The summed E-state index contributed by atoms with van der Waals surface area (Å²) >= 11 is 0. The lowest BCUT2D eigenvalue weighted by molar-refractivity contribution is -0.133. The Balaban J connectivity index is 1.44. The average Bonchev–Trinajstić information content (AvgIpc) is 3.25. The number of ether oxygens (including phenoxy) is 2. The summed E-state index contributed by atoms with van der Waals surface area (Å²) in [5.74, 6) is 1.02. The van der Waals surface area contributed by atoms with E-state index in [1.54, 1.807) is 18.9 Å². The van der Waals surface area contributed by atoms with Crippen molar-refractivity contribution in [2.45, 2.75) is 44.7 Å². The van der Waals surface area contributed by atoms with Crippen molar-refractivity contribution in [3.05, 3.63) is 72.0 Å². The van der Waals surface area contributed by atoms with Crippen LogP contribution in [-0.4, -0.2) is 42.5 Å². The molecule has 7 heteroatoms. The fraction of sp³-hybridized carbons (Fsp3) is 0.379. The van der Waals surface area contributed by atoms with Gasteiger partial charge in [-0.3, -0.25) is 9.59 Å². The number of rotatable bonds is 7. The first kappa shape index (κ1) is 24.0. The van der Waals surface area contributed by atoms with Gasteiger partial charge in [-0.1, -0.05) is 42.5 Å². The van der Waals surface area contributed by atoms with Gasteiger partial charge in [0.15, 0.2) is 11.3 Å². The molecule has 0 fully saturated rings. The molecule has 2 unspecified atom stereocenters. The van der Waals surface area contributed by atoms with Crippen molar-refractivity contribution in [2.24, 2.45) is 5.92 Å². The number of benzene rings is 2. The molecule has 1 aromatic heterocycles. The molecule has 2 aromatic carbocycles. The number of nitrogens with zero attached hydrogens (tertiary/aromatic N) is 1. The summed E-state index contributed by atoms with van der Waals surface area (Å²) in [4.78, 5) is 29.3. The van der Waals surface area contributed by atoms with E-state index in [0.717, 1.165) is 36.6 Å². The smallest absolute Gasteiger partial charge is 0.294 e. The summed E-state index contributed by atoms with van der Waals surface area (Å²) < 4.78 is 17.6. The highest BCUT2D eigenvalue weighted by atomic mass is 16.5. The van der Waals surface area contributed by atoms with Gasteiger partial charge in [-0.05, 0) is 56.7 Å². The molecular formula is C29H32N2O5. The van der Waals surface area contributed by atoms with Crippen molar-refractivity contribution in [2.75, 3.05) is 20.3 Å². The van der Waals surface area contributed by atoms with E-state index in [0.29, 0.717) is 29.5 Å². The minimum atomic E-state index is -1.22. The number of para-hydroxylation sites is 2. The molecule has 7 nitrogen and oxygen atoms in total. The van der Waals surface area contributed by atoms with Crippen LogP contribution in [0, 0.1) is 5.92 Å². The van der Waals surface area contributed by atoms with Gasteiger partial charge < -0.3 is 24.1 Å². The summed E-state index contributed by atoms with van der Waals surface area (Å²) in [6.07, 6.45) is 8.53. The largest absolute Gasteiger partial charge is 0.496 e. The second-order valence-electron chi connectivity index (χ2n) is 9.68. The maximum absolute atomic E-state index is 13.9. The van der Waals surface area contributed by atoms with Crippen molar-refractivity contribution in [1.82, 2.24) is 10.2 Å². The van der Waals surface area contributed by atoms with E-state index < -0.39 is 5.54 Å². The van der Waals surface area contributed by atoms with E-state index in [-0.39, 0.29) is 30.7 Å². The Labute approximate surface area is 211 Å². The number of carbonyl (C=O) groups is 2. The molecule has 0 saturated carbocycles. The SMILES string of the molecule is COc1ccccc1CNC(=O)C1(C)COc2c(oc3ccccc23)C(=O)N1CCC1C=CCCC1. The Morgan fingerprint density at radius 2 is 2.00 bits per heavy atom. The molecule has 0 spiro atoms. The number of carbonyl (C=O) groups excluding carboxylic acids is 2. The number of nitrogens with one attached hydrogen (secondary N) is 1. The number of fused-ring (bicyclic) bond motifs is 3. The van der Waals surface area contributed by atoms with Crippen LogP contribution >= 0.6 is 0 Å². The van der Waals surface area contributed by atoms with E-state index in [2.05, 4.69) is 17.5 Å². The summed E-state index contributed by atoms with van der Waals surface area (Å²) in [5.41, 5.74) is 0.227. The van der Waals surface area contributed by atoms with E-state index in [1.165, 1.54) is 0 Å². The van der Waals surface area contributed by atoms with Gasteiger partial charge in [-0.25, -0.2) is 0 Å². The van der Waals surface area contributed by atoms with Crippen LogP contribution in [0.25, 0.3) is 11.0 Å². The number of allylic oxidation sites excluding steroid dienone is 2.